The third-order valence-corrected chi connectivity index (χ3v) is 3.75. The Bertz CT molecular complexity index is 406. The van der Waals surface area contributed by atoms with Crippen molar-refractivity contribution in [2.75, 3.05) is 11.4 Å². The largest absolute Gasteiger partial charge is 0.353 e. The molecule has 0 N–H and O–H groups in total. The van der Waals surface area contributed by atoms with Crippen LogP contribution in [0.2, 0.25) is 5.15 Å². The number of nitrogens with zero attached hydrogens (tertiary/aromatic N) is 3. The normalized spacial score (nSPS) is 24.7. The molecule has 1 aliphatic rings. The molecule has 17 heavy (non-hydrogen) atoms. The second kappa shape index (κ2) is 4.81. The Morgan fingerprint density at radius 2 is 2.06 bits per heavy atom. The minimum atomic E-state index is 0.349. The monoisotopic (exact) mass is 253 g/mol. The highest BCUT2D eigenvalue weighted by atomic mass is 35.5. The lowest BCUT2D eigenvalue weighted by atomic mass is 10.1. The molecule has 2 atom stereocenters. The molecule has 0 aromatic carbocycles. The molecule has 4 heteroatoms. The minimum absolute atomic E-state index is 0.349. The van der Waals surface area contributed by atoms with Gasteiger partial charge < -0.3 is 4.90 Å². The lowest BCUT2D eigenvalue weighted by Crippen LogP contribution is -2.29. The van der Waals surface area contributed by atoms with Gasteiger partial charge in [0, 0.05) is 18.2 Å². The van der Waals surface area contributed by atoms with Crippen molar-refractivity contribution in [2.45, 2.75) is 46.1 Å². The van der Waals surface area contributed by atoms with Gasteiger partial charge in [-0.1, -0.05) is 32.4 Å². The SMILES string of the molecule is CC1CC(C)N(c2ncnc(Cl)c2C(C)C)C1. The molecule has 0 saturated carbocycles. The summed E-state index contributed by atoms with van der Waals surface area (Å²) in [7, 11) is 0. The molecular formula is C13H20ClN3. The van der Waals surface area contributed by atoms with Gasteiger partial charge in [-0.05, 0) is 25.2 Å². The molecule has 1 fully saturated rings. The van der Waals surface area contributed by atoms with E-state index < -0.39 is 0 Å². The number of halogens is 1. The van der Waals surface area contributed by atoms with E-state index in [1.807, 2.05) is 0 Å². The highest BCUT2D eigenvalue weighted by Gasteiger charge is 2.30. The van der Waals surface area contributed by atoms with Crippen molar-refractivity contribution in [3.63, 3.8) is 0 Å². The maximum absolute atomic E-state index is 6.21. The van der Waals surface area contributed by atoms with E-state index in [9.17, 15) is 0 Å². The van der Waals surface area contributed by atoms with Crippen LogP contribution >= 0.6 is 11.6 Å². The average Bonchev–Trinajstić information content (AvgIpc) is 2.56. The van der Waals surface area contributed by atoms with E-state index in [0.717, 1.165) is 23.8 Å². The van der Waals surface area contributed by atoms with Gasteiger partial charge in [0.1, 0.15) is 17.3 Å². The predicted molar refractivity (Wildman–Crippen MR) is 71.7 cm³/mol. The summed E-state index contributed by atoms with van der Waals surface area (Å²) >= 11 is 6.21. The Hall–Kier alpha value is -0.830. The molecule has 1 aromatic heterocycles. The Morgan fingerprint density at radius 1 is 1.35 bits per heavy atom. The predicted octanol–water partition coefficient (Wildman–Crippen LogP) is 3.49. The number of rotatable bonds is 2. The van der Waals surface area contributed by atoms with E-state index in [1.54, 1.807) is 6.33 Å². The zero-order valence-corrected chi connectivity index (χ0v) is 11.7. The van der Waals surface area contributed by atoms with Crippen LogP contribution < -0.4 is 4.90 Å². The number of aromatic nitrogens is 2. The molecule has 0 radical (unpaired) electrons. The average molecular weight is 254 g/mol. The van der Waals surface area contributed by atoms with Crippen LogP contribution in [-0.2, 0) is 0 Å². The lowest BCUT2D eigenvalue weighted by Gasteiger charge is -2.26. The van der Waals surface area contributed by atoms with Gasteiger partial charge in [0.15, 0.2) is 0 Å². The summed E-state index contributed by atoms with van der Waals surface area (Å²) in [6, 6.07) is 0.536. The molecule has 1 saturated heterocycles. The first-order valence-electron chi connectivity index (χ1n) is 6.27. The molecule has 0 amide bonds. The maximum Gasteiger partial charge on any atom is 0.138 e. The van der Waals surface area contributed by atoms with Crippen molar-refractivity contribution in [1.29, 1.82) is 0 Å². The third kappa shape index (κ3) is 2.39. The van der Waals surface area contributed by atoms with Crippen LogP contribution in [0.5, 0.6) is 0 Å². The van der Waals surface area contributed by atoms with Crippen molar-refractivity contribution in [3.05, 3.63) is 17.0 Å². The molecule has 0 spiro atoms. The van der Waals surface area contributed by atoms with E-state index in [2.05, 4.69) is 42.6 Å². The van der Waals surface area contributed by atoms with Gasteiger partial charge >= 0.3 is 0 Å². The van der Waals surface area contributed by atoms with Crippen molar-refractivity contribution >= 4 is 17.4 Å². The molecular weight excluding hydrogens is 234 g/mol. The summed E-state index contributed by atoms with van der Waals surface area (Å²) in [5.74, 6) is 2.09. The Labute approximate surface area is 108 Å². The van der Waals surface area contributed by atoms with Crippen LogP contribution in [0.25, 0.3) is 0 Å². The van der Waals surface area contributed by atoms with Crippen molar-refractivity contribution < 1.29 is 0 Å². The van der Waals surface area contributed by atoms with E-state index in [0.29, 0.717) is 17.1 Å². The first-order valence-corrected chi connectivity index (χ1v) is 6.65. The van der Waals surface area contributed by atoms with Crippen molar-refractivity contribution in [1.82, 2.24) is 9.97 Å². The van der Waals surface area contributed by atoms with Crippen LogP contribution in [0.3, 0.4) is 0 Å². The molecule has 1 aromatic rings. The van der Waals surface area contributed by atoms with Crippen LogP contribution in [0, 0.1) is 5.92 Å². The van der Waals surface area contributed by atoms with E-state index in [1.165, 1.54) is 6.42 Å². The molecule has 2 heterocycles. The smallest absolute Gasteiger partial charge is 0.138 e. The molecule has 3 nitrogen and oxygen atoms in total. The Balaban J connectivity index is 2.41. The molecule has 1 aliphatic heterocycles. The first kappa shape index (κ1) is 12.6. The van der Waals surface area contributed by atoms with Crippen molar-refractivity contribution in [2.24, 2.45) is 5.92 Å². The standard InChI is InChI=1S/C13H20ClN3/c1-8(2)11-12(14)15-7-16-13(11)17-6-9(3)5-10(17)4/h7-10H,5-6H2,1-4H3. The quantitative estimate of drug-likeness (QED) is 0.756. The summed E-state index contributed by atoms with van der Waals surface area (Å²) < 4.78 is 0. The van der Waals surface area contributed by atoms with E-state index in [-0.39, 0.29) is 0 Å². The Morgan fingerprint density at radius 3 is 2.59 bits per heavy atom. The van der Waals surface area contributed by atoms with Gasteiger partial charge in [0.2, 0.25) is 0 Å². The van der Waals surface area contributed by atoms with Crippen molar-refractivity contribution in [3.8, 4) is 0 Å². The number of anilines is 1. The highest BCUT2D eigenvalue weighted by Crippen LogP contribution is 2.35. The Kier molecular flexibility index (Phi) is 3.57. The van der Waals surface area contributed by atoms with Gasteiger partial charge in [0.25, 0.3) is 0 Å². The summed E-state index contributed by atoms with van der Waals surface area (Å²) in [6.45, 7) is 9.88. The zero-order valence-electron chi connectivity index (χ0n) is 10.9. The van der Waals surface area contributed by atoms with E-state index in [4.69, 9.17) is 11.6 Å². The van der Waals surface area contributed by atoms with Crippen LogP contribution in [0.1, 0.15) is 45.6 Å². The first-order chi connectivity index (χ1) is 8.00. The third-order valence-electron chi connectivity index (χ3n) is 3.45. The fourth-order valence-electron chi connectivity index (χ4n) is 2.69. The molecule has 2 unspecified atom stereocenters. The lowest BCUT2D eigenvalue weighted by molar-refractivity contribution is 0.625. The summed E-state index contributed by atoms with van der Waals surface area (Å²) in [6.07, 6.45) is 2.79. The fourth-order valence-corrected chi connectivity index (χ4v) is 3.03. The van der Waals surface area contributed by atoms with Crippen LogP contribution in [0.4, 0.5) is 5.82 Å². The minimum Gasteiger partial charge on any atom is -0.353 e. The molecule has 0 aliphatic carbocycles. The second-order valence-electron chi connectivity index (χ2n) is 5.40. The zero-order chi connectivity index (χ0) is 12.6. The summed E-state index contributed by atoms with van der Waals surface area (Å²) in [4.78, 5) is 10.9. The topological polar surface area (TPSA) is 29.0 Å². The summed E-state index contributed by atoms with van der Waals surface area (Å²) in [5.41, 5.74) is 1.08. The second-order valence-corrected chi connectivity index (χ2v) is 5.76. The van der Waals surface area contributed by atoms with Gasteiger partial charge in [0.05, 0.1) is 0 Å². The van der Waals surface area contributed by atoms with Gasteiger partial charge in [-0.15, -0.1) is 0 Å². The van der Waals surface area contributed by atoms with Gasteiger partial charge in [-0.3, -0.25) is 0 Å². The van der Waals surface area contributed by atoms with E-state index >= 15 is 0 Å². The molecule has 0 bridgehead atoms. The van der Waals surface area contributed by atoms with Gasteiger partial charge in [-0.25, -0.2) is 9.97 Å². The fraction of sp³-hybridized carbons (Fsp3) is 0.692. The summed E-state index contributed by atoms with van der Waals surface area (Å²) in [5, 5.41) is 0.594. The highest BCUT2D eigenvalue weighted by molar-refractivity contribution is 6.30. The van der Waals surface area contributed by atoms with Crippen LogP contribution in [-0.4, -0.2) is 22.6 Å². The number of hydrogen-bond donors (Lipinski definition) is 0. The maximum atomic E-state index is 6.21. The van der Waals surface area contributed by atoms with Gasteiger partial charge in [-0.2, -0.15) is 0 Å². The molecule has 2 rings (SSSR count). The van der Waals surface area contributed by atoms with Crippen LogP contribution in [0.15, 0.2) is 6.33 Å². The molecule has 94 valence electrons. The number of hydrogen-bond acceptors (Lipinski definition) is 3.